The van der Waals surface area contributed by atoms with Crippen LogP contribution in [0, 0.1) is 5.82 Å². The van der Waals surface area contributed by atoms with Crippen LogP contribution in [0.5, 0.6) is 0 Å². The number of benzene rings is 1. The summed E-state index contributed by atoms with van der Waals surface area (Å²) in [5.41, 5.74) is 0.966. The van der Waals surface area contributed by atoms with Crippen molar-refractivity contribution in [3.8, 4) is 0 Å². The maximum atomic E-state index is 13.4. The molecule has 0 spiro atoms. The minimum atomic E-state index is -0.215. The van der Waals surface area contributed by atoms with Crippen molar-refractivity contribution in [3.05, 3.63) is 34.1 Å². The van der Waals surface area contributed by atoms with Gasteiger partial charge < -0.3 is 10.1 Å². The SMILES string of the molecule is CCNC(COC(C)C)Cc1cccc(F)c1Br. The number of hydrogen-bond acceptors (Lipinski definition) is 2. The molecule has 0 aromatic heterocycles. The molecule has 1 N–H and O–H groups in total. The highest BCUT2D eigenvalue weighted by atomic mass is 79.9. The summed E-state index contributed by atoms with van der Waals surface area (Å²) in [6.45, 7) is 7.60. The van der Waals surface area contributed by atoms with Crippen LogP contribution >= 0.6 is 15.9 Å². The molecule has 1 aromatic rings. The van der Waals surface area contributed by atoms with Crippen molar-refractivity contribution < 1.29 is 9.13 Å². The largest absolute Gasteiger partial charge is 0.377 e. The first-order valence-electron chi connectivity index (χ1n) is 6.32. The number of rotatable bonds is 7. The van der Waals surface area contributed by atoms with Crippen LogP contribution in [0.15, 0.2) is 22.7 Å². The van der Waals surface area contributed by atoms with E-state index in [1.54, 1.807) is 6.07 Å². The molecule has 18 heavy (non-hydrogen) atoms. The summed E-state index contributed by atoms with van der Waals surface area (Å²) in [7, 11) is 0. The van der Waals surface area contributed by atoms with Gasteiger partial charge >= 0.3 is 0 Å². The van der Waals surface area contributed by atoms with Gasteiger partial charge in [-0.3, -0.25) is 0 Å². The fraction of sp³-hybridized carbons (Fsp3) is 0.571. The van der Waals surface area contributed by atoms with Crippen LogP contribution < -0.4 is 5.32 Å². The molecule has 4 heteroatoms. The molecule has 0 aliphatic heterocycles. The number of nitrogens with one attached hydrogen (secondary N) is 1. The van der Waals surface area contributed by atoms with E-state index in [0.717, 1.165) is 18.5 Å². The van der Waals surface area contributed by atoms with E-state index in [9.17, 15) is 4.39 Å². The Morgan fingerprint density at radius 1 is 1.39 bits per heavy atom. The molecule has 1 unspecified atom stereocenters. The molecular weight excluding hydrogens is 297 g/mol. The lowest BCUT2D eigenvalue weighted by molar-refractivity contribution is 0.0615. The Morgan fingerprint density at radius 2 is 2.11 bits per heavy atom. The lowest BCUT2D eigenvalue weighted by Crippen LogP contribution is -2.36. The fourth-order valence-corrected chi connectivity index (χ4v) is 2.19. The van der Waals surface area contributed by atoms with Crippen molar-refractivity contribution in [1.29, 1.82) is 0 Å². The van der Waals surface area contributed by atoms with E-state index in [0.29, 0.717) is 11.1 Å². The molecule has 0 saturated carbocycles. The average molecular weight is 318 g/mol. The highest BCUT2D eigenvalue weighted by Gasteiger charge is 2.13. The van der Waals surface area contributed by atoms with Gasteiger partial charge in [0.05, 0.1) is 17.2 Å². The molecule has 1 rings (SSSR count). The van der Waals surface area contributed by atoms with Gasteiger partial charge in [0.1, 0.15) is 5.82 Å². The zero-order valence-corrected chi connectivity index (χ0v) is 12.8. The normalized spacial score (nSPS) is 13.0. The van der Waals surface area contributed by atoms with Crippen LogP contribution in [-0.2, 0) is 11.2 Å². The Kier molecular flexibility index (Phi) is 6.82. The van der Waals surface area contributed by atoms with Gasteiger partial charge in [-0.15, -0.1) is 0 Å². The molecule has 0 aliphatic rings. The average Bonchev–Trinajstić information content (AvgIpc) is 2.32. The third kappa shape index (κ3) is 5.04. The minimum absolute atomic E-state index is 0.204. The third-order valence-corrected chi connectivity index (χ3v) is 3.51. The summed E-state index contributed by atoms with van der Waals surface area (Å²) in [5, 5.41) is 3.36. The maximum absolute atomic E-state index is 13.4. The number of likely N-dealkylation sites (N-methyl/N-ethyl adjacent to an activating group) is 1. The van der Waals surface area contributed by atoms with Crippen molar-refractivity contribution in [1.82, 2.24) is 5.32 Å². The molecule has 0 bridgehead atoms. The molecule has 102 valence electrons. The second-order valence-electron chi connectivity index (χ2n) is 4.55. The van der Waals surface area contributed by atoms with Crippen LogP contribution in [0.2, 0.25) is 0 Å². The third-order valence-electron chi connectivity index (χ3n) is 2.62. The van der Waals surface area contributed by atoms with Gasteiger partial charge in [-0.05, 0) is 54.4 Å². The Bertz CT molecular complexity index is 371. The zero-order valence-electron chi connectivity index (χ0n) is 11.2. The van der Waals surface area contributed by atoms with E-state index in [1.807, 2.05) is 19.9 Å². The summed E-state index contributed by atoms with van der Waals surface area (Å²) in [6, 6.07) is 5.34. The Morgan fingerprint density at radius 3 is 2.72 bits per heavy atom. The van der Waals surface area contributed by atoms with Crippen LogP contribution in [0.25, 0.3) is 0 Å². The standard InChI is InChI=1S/C14H21BrFNO/c1-4-17-12(9-18-10(2)3)8-11-6-5-7-13(16)14(11)15/h5-7,10,12,17H,4,8-9H2,1-3H3. The van der Waals surface area contributed by atoms with Gasteiger partial charge in [-0.1, -0.05) is 19.1 Å². The van der Waals surface area contributed by atoms with Crippen molar-refractivity contribution in [2.24, 2.45) is 0 Å². The first-order chi connectivity index (χ1) is 8.54. The number of halogens is 2. The summed E-state index contributed by atoms with van der Waals surface area (Å²) in [5.74, 6) is -0.215. The second-order valence-corrected chi connectivity index (χ2v) is 5.35. The lowest BCUT2D eigenvalue weighted by atomic mass is 10.1. The van der Waals surface area contributed by atoms with E-state index in [-0.39, 0.29) is 18.0 Å². The van der Waals surface area contributed by atoms with E-state index in [4.69, 9.17) is 4.74 Å². The van der Waals surface area contributed by atoms with Crippen LogP contribution in [0.4, 0.5) is 4.39 Å². The van der Waals surface area contributed by atoms with E-state index >= 15 is 0 Å². The van der Waals surface area contributed by atoms with Gasteiger partial charge in [0, 0.05) is 6.04 Å². The molecule has 0 radical (unpaired) electrons. The maximum Gasteiger partial charge on any atom is 0.137 e. The first kappa shape index (κ1) is 15.6. The Balaban J connectivity index is 2.67. The predicted molar refractivity (Wildman–Crippen MR) is 76.4 cm³/mol. The molecule has 1 aromatic carbocycles. The molecular formula is C14H21BrFNO. The van der Waals surface area contributed by atoms with Crippen molar-refractivity contribution in [2.45, 2.75) is 39.3 Å². The number of hydrogen-bond donors (Lipinski definition) is 1. The van der Waals surface area contributed by atoms with Crippen LogP contribution in [-0.4, -0.2) is 25.3 Å². The predicted octanol–water partition coefficient (Wildman–Crippen LogP) is 3.53. The number of ether oxygens (including phenoxy) is 1. The van der Waals surface area contributed by atoms with Gasteiger partial charge in [-0.2, -0.15) is 0 Å². The van der Waals surface area contributed by atoms with Gasteiger partial charge in [0.15, 0.2) is 0 Å². The summed E-state index contributed by atoms with van der Waals surface area (Å²) in [6.07, 6.45) is 0.959. The lowest BCUT2D eigenvalue weighted by Gasteiger charge is -2.20. The second kappa shape index (κ2) is 7.87. The summed E-state index contributed by atoms with van der Waals surface area (Å²) in [4.78, 5) is 0. The van der Waals surface area contributed by atoms with E-state index in [1.165, 1.54) is 6.07 Å². The van der Waals surface area contributed by atoms with E-state index in [2.05, 4.69) is 28.2 Å². The van der Waals surface area contributed by atoms with Crippen molar-refractivity contribution in [2.75, 3.05) is 13.2 Å². The van der Waals surface area contributed by atoms with Crippen molar-refractivity contribution in [3.63, 3.8) is 0 Å². The van der Waals surface area contributed by atoms with Crippen LogP contribution in [0.3, 0.4) is 0 Å². The highest BCUT2D eigenvalue weighted by Crippen LogP contribution is 2.21. The zero-order chi connectivity index (χ0) is 13.5. The molecule has 1 atom stereocenters. The Labute approximate surface area is 117 Å². The summed E-state index contributed by atoms with van der Waals surface area (Å²) >= 11 is 3.30. The molecule has 0 aliphatic carbocycles. The molecule has 0 saturated heterocycles. The molecule has 0 fully saturated rings. The Hall–Kier alpha value is -0.450. The van der Waals surface area contributed by atoms with Gasteiger partial charge in [0.25, 0.3) is 0 Å². The molecule has 0 heterocycles. The summed E-state index contributed by atoms with van der Waals surface area (Å²) < 4.78 is 19.6. The topological polar surface area (TPSA) is 21.3 Å². The van der Waals surface area contributed by atoms with Crippen molar-refractivity contribution >= 4 is 15.9 Å². The van der Waals surface area contributed by atoms with Gasteiger partial charge in [0.2, 0.25) is 0 Å². The highest BCUT2D eigenvalue weighted by molar-refractivity contribution is 9.10. The first-order valence-corrected chi connectivity index (χ1v) is 7.11. The monoisotopic (exact) mass is 317 g/mol. The van der Waals surface area contributed by atoms with E-state index < -0.39 is 0 Å². The van der Waals surface area contributed by atoms with Gasteiger partial charge in [-0.25, -0.2) is 4.39 Å². The fourth-order valence-electron chi connectivity index (χ4n) is 1.76. The molecule has 0 amide bonds. The quantitative estimate of drug-likeness (QED) is 0.830. The molecule has 2 nitrogen and oxygen atoms in total. The van der Waals surface area contributed by atoms with Crippen LogP contribution in [0.1, 0.15) is 26.3 Å². The minimum Gasteiger partial charge on any atom is -0.377 e. The smallest absolute Gasteiger partial charge is 0.137 e.